The summed E-state index contributed by atoms with van der Waals surface area (Å²) in [5.74, 6) is 1.18. The van der Waals surface area contributed by atoms with E-state index in [4.69, 9.17) is 4.74 Å². The number of imidazole rings is 1. The Labute approximate surface area is 159 Å². The lowest BCUT2D eigenvalue weighted by atomic mass is 10.2. The first kappa shape index (κ1) is 17.9. The summed E-state index contributed by atoms with van der Waals surface area (Å²) in [6, 6.07) is 12.1. The van der Waals surface area contributed by atoms with Crippen molar-refractivity contribution in [1.82, 2.24) is 14.5 Å². The Bertz CT molecular complexity index is 1090. The van der Waals surface area contributed by atoms with Crippen LogP contribution in [0.1, 0.15) is 6.92 Å². The van der Waals surface area contributed by atoms with E-state index in [2.05, 4.69) is 26.2 Å². The van der Waals surface area contributed by atoms with Crippen LogP contribution in [0.25, 0.3) is 16.9 Å². The normalized spacial score (nSPS) is 18.0. The van der Waals surface area contributed by atoms with Crippen molar-refractivity contribution in [2.45, 2.75) is 13.0 Å². The lowest BCUT2D eigenvalue weighted by molar-refractivity contribution is 0.0989. The molecular weight excluding hydrogens is 362 g/mol. The van der Waals surface area contributed by atoms with Crippen LogP contribution in [0.5, 0.6) is 0 Å². The summed E-state index contributed by atoms with van der Waals surface area (Å²) in [6.07, 6.45) is 4.99. The lowest BCUT2D eigenvalue weighted by Gasteiger charge is -2.35. The Morgan fingerprint density at radius 2 is 2.07 bits per heavy atom. The van der Waals surface area contributed by atoms with Gasteiger partial charge in [-0.15, -0.1) is 0 Å². The minimum atomic E-state index is -2.32. The molecule has 8 heteroatoms. The fraction of sp³-hybridized carbons (Fsp3) is 0.368. The molecule has 0 spiro atoms. The van der Waals surface area contributed by atoms with Crippen molar-refractivity contribution in [3.8, 4) is 5.82 Å². The number of morpholine rings is 1. The maximum atomic E-state index is 12.3. The van der Waals surface area contributed by atoms with E-state index < -0.39 is 9.73 Å². The minimum Gasteiger partial charge on any atom is -0.377 e. The highest BCUT2D eigenvalue weighted by Gasteiger charge is 2.21. The van der Waals surface area contributed by atoms with Crippen molar-refractivity contribution in [3.63, 3.8) is 0 Å². The number of ether oxygens (including phenoxy) is 1. The summed E-state index contributed by atoms with van der Waals surface area (Å²) in [4.78, 5) is 11.4. The molecule has 0 N–H and O–H groups in total. The number of hydrogen-bond donors (Lipinski definition) is 0. The number of pyridine rings is 1. The number of benzene rings is 1. The third-order valence-corrected chi connectivity index (χ3v) is 5.12. The number of anilines is 1. The molecule has 0 saturated carbocycles. The summed E-state index contributed by atoms with van der Waals surface area (Å²) < 4.78 is 24.1. The van der Waals surface area contributed by atoms with Crippen molar-refractivity contribution < 1.29 is 8.95 Å². The maximum absolute atomic E-state index is 12.3. The van der Waals surface area contributed by atoms with E-state index in [9.17, 15) is 4.21 Å². The van der Waals surface area contributed by atoms with Gasteiger partial charge in [0, 0.05) is 52.6 Å². The van der Waals surface area contributed by atoms with E-state index in [1.807, 2.05) is 41.0 Å². The SMILES string of the molecule is C[C@@H]1COCCN1c1cc(N=S(C)(C)=O)nc(-n2cnc3ccccc32)c1. The summed E-state index contributed by atoms with van der Waals surface area (Å²) in [5, 5.41) is 0. The van der Waals surface area contributed by atoms with Gasteiger partial charge in [-0.1, -0.05) is 12.1 Å². The van der Waals surface area contributed by atoms with E-state index >= 15 is 0 Å². The van der Waals surface area contributed by atoms with Gasteiger partial charge in [-0.05, 0) is 19.1 Å². The lowest BCUT2D eigenvalue weighted by Crippen LogP contribution is -2.43. The summed E-state index contributed by atoms with van der Waals surface area (Å²) in [5.41, 5.74) is 2.87. The average molecular weight is 385 g/mol. The number of rotatable bonds is 3. The highest BCUT2D eigenvalue weighted by atomic mass is 32.2. The van der Waals surface area contributed by atoms with Crippen LogP contribution in [0.15, 0.2) is 47.1 Å². The molecule has 1 atom stereocenters. The predicted molar refractivity (Wildman–Crippen MR) is 109 cm³/mol. The fourth-order valence-electron chi connectivity index (χ4n) is 3.30. The summed E-state index contributed by atoms with van der Waals surface area (Å²) in [7, 11) is -2.32. The van der Waals surface area contributed by atoms with Crippen LogP contribution in [0, 0.1) is 0 Å². The van der Waals surface area contributed by atoms with Crippen molar-refractivity contribution >= 4 is 32.3 Å². The smallest absolute Gasteiger partial charge is 0.165 e. The Hall–Kier alpha value is -2.45. The van der Waals surface area contributed by atoms with Gasteiger partial charge in [-0.3, -0.25) is 4.57 Å². The quantitative estimate of drug-likeness (QED) is 0.693. The topological polar surface area (TPSA) is 72.6 Å². The zero-order valence-electron chi connectivity index (χ0n) is 15.7. The molecule has 1 fully saturated rings. The summed E-state index contributed by atoms with van der Waals surface area (Å²) in [6.45, 7) is 4.28. The largest absolute Gasteiger partial charge is 0.377 e. The molecule has 27 heavy (non-hydrogen) atoms. The van der Waals surface area contributed by atoms with Gasteiger partial charge in [-0.2, -0.15) is 4.36 Å². The second-order valence-corrected chi connectivity index (χ2v) is 9.58. The Morgan fingerprint density at radius 3 is 2.85 bits per heavy atom. The second kappa shape index (κ2) is 6.94. The zero-order valence-corrected chi connectivity index (χ0v) is 16.5. The molecule has 1 saturated heterocycles. The molecule has 0 bridgehead atoms. The second-order valence-electron chi connectivity index (χ2n) is 7.03. The first-order chi connectivity index (χ1) is 12.9. The van der Waals surface area contributed by atoms with Crippen LogP contribution in [0.2, 0.25) is 0 Å². The van der Waals surface area contributed by atoms with Crippen LogP contribution < -0.4 is 4.90 Å². The third-order valence-electron chi connectivity index (χ3n) is 4.50. The first-order valence-corrected chi connectivity index (χ1v) is 11.2. The van der Waals surface area contributed by atoms with Gasteiger partial charge in [0.25, 0.3) is 0 Å². The molecule has 0 aliphatic carbocycles. The minimum absolute atomic E-state index is 0.244. The molecule has 0 unspecified atom stereocenters. The highest BCUT2D eigenvalue weighted by Crippen LogP contribution is 2.28. The Kier molecular flexibility index (Phi) is 4.61. The van der Waals surface area contributed by atoms with Crippen molar-refractivity contribution in [2.24, 2.45) is 4.36 Å². The van der Waals surface area contributed by atoms with Crippen LogP contribution in [0.4, 0.5) is 11.5 Å². The number of nitrogens with zero attached hydrogens (tertiary/aromatic N) is 5. The Balaban J connectivity index is 1.89. The molecule has 3 heterocycles. The fourth-order valence-corrected chi connectivity index (χ4v) is 3.85. The van der Waals surface area contributed by atoms with E-state index in [-0.39, 0.29) is 6.04 Å². The van der Waals surface area contributed by atoms with Gasteiger partial charge in [-0.25, -0.2) is 14.2 Å². The van der Waals surface area contributed by atoms with E-state index in [0.29, 0.717) is 24.8 Å². The number of fused-ring (bicyclic) bond motifs is 1. The highest BCUT2D eigenvalue weighted by molar-refractivity contribution is 7.92. The summed E-state index contributed by atoms with van der Waals surface area (Å²) >= 11 is 0. The molecule has 1 aliphatic heterocycles. The molecule has 7 nitrogen and oxygen atoms in total. The van der Waals surface area contributed by atoms with E-state index in [1.54, 1.807) is 18.8 Å². The van der Waals surface area contributed by atoms with Gasteiger partial charge >= 0.3 is 0 Å². The molecule has 1 aliphatic rings. The molecule has 4 rings (SSSR count). The Morgan fingerprint density at radius 1 is 1.26 bits per heavy atom. The molecular formula is C19H23N5O2S. The van der Waals surface area contributed by atoms with Gasteiger partial charge in [0.1, 0.15) is 12.1 Å². The number of para-hydroxylation sites is 2. The van der Waals surface area contributed by atoms with Crippen molar-refractivity contribution in [3.05, 3.63) is 42.7 Å². The number of hydrogen-bond acceptors (Lipinski definition) is 6. The third kappa shape index (κ3) is 3.81. The first-order valence-electron chi connectivity index (χ1n) is 8.87. The number of aromatic nitrogens is 3. The van der Waals surface area contributed by atoms with Gasteiger partial charge < -0.3 is 9.64 Å². The molecule has 3 aromatic rings. The molecule has 0 amide bonds. The standard InChI is InChI=1S/C19H23N5O2S/c1-14-12-26-9-8-23(14)15-10-18(22-27(2,3)25)21-19(11-15)24-13-20-16-6-4-5-7-17(16)24/h4-7,10-11,13-14H,8-9,12H2,1-3H3/t14-/m1/s1. The average Bonchev–Trinajstić information content (AvgIpc) is 3.04. The van der Waals surface area contributed by atoms with Crippen molar-refractivity contribution in [1.29, 1.82) is 0 Å². The van der Waals surface area contributed by atoms with E-state index in [1.165, 1.54) is 0 Å². The van der Waals surface area contributed by atoms with Crippen LogP contribution in [-0.2, 0) is 14.5 Å². The zero-order chi connectivity index (χ0) is 19.0. The van der Waals surface area contributed by atoms with Gasteiger partial charge in [0.15, 0.2) is 5.82 Å². The van der Waals surface area contributed by atoms with Crippen LogP contribution in [-0.4, -0.2) is 57.1 Å². The van der Waals surface area contributed by atoms with Gasteiger partial charge in [0.2, 0.25) is 0 Å². The molecule has 0 radical (unpaired) electrons. The van der Waals surface area contributed by atoms with Crippen molar-refractivity contribution in [2.75, 3.05) is 37.2 Å². The predicted octanol–water partition coefficient (Wildman–Crippen LogP) is 3.00. The maximum Gasteiger partial charge on any atom is 0.165 e. The molecule has 142 valence electrons. The van der Waals surface area contributed by atoms with E-state index in [0.717, 1.165) is 23.3 Å². The monoisotopic (exact) mass is 385 g/mol. The van der Waals surface area contributed by atoms with Crippen LogP contribution in [0.3, 0.4) is 0 Å². The molecule has 1 aromatic carbocycles. The van der Waals surface area contributed by atoms with Gasteiger partial charge in [0.05, 0.1) is 24.2 Å². The van der Waals surface area contributed by atoms with Crippen LogP contribution >= 0.6 is 0 Å². The molecule has 2 aromatic heterocycles.